The molecule has 3 aromatic rings. The fourth-order valence-electron chi connectivity index (χ4n) is 3.55. The zero-order chi connectivity index (χ0) is 18.3. The molecule has 2 aromatic carbocycles. The number of fused-ring (bicyclic) bond motifs is 1. The van der Waals surface area contributed by atoms with Gasteiger partial charge in [-0.15, -0.1) is 0 Å². The van der Waals surface area contributed by atoms with Crippen molar-refractivity contribution in [2.24, 2.45) is 0 Å². The maximum Gasteiger partial charge on any atom is 0.252 e. The summed E-state index contributed by atoms with van der Waals surface area (Å²) in [5.74, 6) is 0.252. The minimum atomic E-state index is -0.242. The van der Waals surface area contributed by atoms with Crippen LogP contribution in [0.4, 0.5) is 16.0 Å². The number of benzene rings is 2. The number of hydrogen-bond donors (Lipinski definition) is 1. The number of aromatic amines is 1. The average Bonchev–Trinajstić information content (AvgIpc) is 2.61. The molecule has 1 atom stereocenters. The van der Waals surface area contributed by atoms with Crippen molar-refractivity contribution in [3.63, 3.8) is 0 Å². The average molecular weight is 349 g/mol. The lowest BCUT2D eigenvalue weighted by molar-refractivity contribution is 0.591. The Kier molecular flexibility index (Phi) is 4.07. The predicted molar refractivity (Wildman–Crippen MR) is 101 cm³/mol. The lowest BCUT2D eigenvalue weighted by Crippen LogP contribution is -2.35. The van der Waals surface area contributed by atoms with E-state index in [2.05, 4.69) is 11.9 Å². The molecule has 1 aliphatic heterocycles. The van der Waals surface area contributed by atoms with Crippen LogP contribution in [0.5, 0.6) is 0 Å². The van der Waals surface area contributed by atoms with Crippen molar-refractivity contribution in [3.8, 4) is 11.3 Å². The summed E-state index contributed by atoms with van der Waals surface area (Å²) in [7, 11) is 0. The molecule has 26 heavy (non-hydrogen) atoms. The second-order valence-electron chi connectivity index (χ2n) is 6.85. The van der Waals surface area contributed by atoms with Crippen molar-refractivity contribution < 1.29 is 4.39 Å². The van der Waals surface area contributed by atoms with Crippen LogP contribution in [-0.4, -0.2) is 16.0 Å². The smallest absolute Gasteiger partial charge is 0.252 e. The molecule has 0 saturated heterocycles. The van der Waals surface area contributed by atoms with Gasteiger partial charge in [-0.2, -0.15) is 0 Å². The van der Waals surface area contributed by atoms with Crippen LogP contribution in [0.25, 0.3) is 11.3 Å². The van der Waals surface area contributed by atoms with Gasteiger partial charge in [-0.1, -0.05) is 23.8 Å². The zero-order valence-corrected chi connectivity index (χ0v) is 14.8. The molecular weight excluding hydrogens is 329 g/mol. The Labute approximate surface area is 151 Å². The van der Waals surface area contributed by atoms with Gasteiger partial charge in [0.25, 0.3) is 5.56 Å². The molecule has 4 rings (SSSR count). The van der Waals surface area contributed by atoms with E-state index in [1.165, 1.54) is 12.1 Å². The number of nitrogens with one attached hydrogen (secondary N) is 1. The molecule has 5 heteroatoms. The number of H-pyrrole nitrogens is 1. The van der Waals surface area contributed by atoms with E-state index >= 15 is 0 Å². The zero-order valence-electron chi connectivity index (χ0n) is 14.8. The summed E-state index contributed by atoms with van der Waals surface area (Å²) in [5, 5.41) is 0. The summed E-state index contributed by atoms with van der Waals surface area (Å²) >= 11 is 0. The highest BCUT2D eigenvalue weighted by Gasteiger charge is 2.26. The van der Waals surface area contributed by atoms with Crippen LogP contribution in [0.15, 0.2) is 53.3 Å². The fraction of sp³-hybridized carbons (Fsp3) is 0.238. The number of anilines is 2. The maximum atomic E-state index is 13.6. The molecule has 1 aliphatic rings. The summed E-state index contributed by atoms with van der Waals surface area (Å²) in [6.45, 7) is 4.10. The Morgan fingerprint density at radius 1 is 1.19 bits per heavy atom. The molecule has 0 aliphatic carbocycles. The molecule has 0 bridgehead atoms. The predicted octanol–water partition coefficient (Wildman–Crippen LogP) is 4.36. The summed E-state index contributed by atoms with van der Waals surface area (Å²) in [6.07, 6.45) is 1.68. The number of halogens is 1. The van der Waals surface area contributed by atoms with Crippen molar-refractivity contribution in [1.82, 2.24) is 9.97 Å². The van der Waals surface area contributed by atoms with Crippen molar-refractivity contribution in [2.45, 2.75) is 32.7 Å². The third kappa shape index (κ3) is 3.01. The van der Waals surface area contributed by atoms with Crippen molar-refractivity contribution in [3.05, 3.63) is 75.8 Å². The van der Waals surface area contributed by atoms with Crippen LogP contribution in [0, 0.1) is 12.7 Å². The first-order valence-corrected chi connectivity index (χ1v) is 8.77. The molecule has 0 spiro atoms. The van der Waals surface area contributed by atoms with Crippen molar-refractivity contribution >= 4 is 11.6 Å². The SMILES string of the molecule is Cc1cccc(-c2cc(=O)[nH]c(N3c4ccc(F)cc4CCC3C)n2)c1. The summed E-state index contributed by atoms with van der Waals surface area (Å²) in [5.41, 5.74) is 4.28. The maximum absolute atomic E-state index is 13.6. The quantitative estimate of drug-likeness (QED) is 0.748. The van der Waals surface area contributed by atoms with Crippen LogP contribution in [-0.2, 0) is 6.42 Å². The first kappa shape index (κ1) is 16.5. The third-order valence-corrected chi connectivity index (χ3v) is 4.84. The molecule has 0 saturated carbocycles. The van der Waals surface area contributed by atoms with Gasteiger partial charge >= 0.3 is 0 Å². The number of rotatable bonds is 2. The lowest BCUT2D eigenvalue weighted by atomic mass is 9.97. The molecule has 0 amide bonds. The van der Waals surface area contributed by atoms with Crippen LogP contribution >= 0.6 is 0 Å². The summed E-state index contributed by atoms with van der Waals surface area (Å²) < 4.78 is 13.6. The first-order valence-electron chi connectivity index (χ1n) is 8.77. The standard InChI is InChI=1S/C21H20FN3O/c1-13-4-3-5-15(10-13)18-12-20(26)24-21(23-18)25-14(2)6-7-16-11-17(22)8-9-19(16)25/h3-5,8-12,14H,6-7H2,1-2H3,(H,23,24,26). The normalized spacial score (nSPS) is 16.4. The van der Waals surface area contributed by atoms with E-state index in [9.17, 15) is 9.18 Å². The Balaban J connectivity index is 1.85. The van der Waals surface area contributed by atoms with E-state index < -0.39 is 0 Å². The van der Waals surface area contributed by atoms with Gasteiger partial charge in [0.15, 0.2) is 0 Å². The van der Waals surface area contributed by atoms with E-state index in [0.717, 1.165) is 35.2 Å². The van der Waals surface area contributed by atoms with Gasteiger partial charge in [-0.05, 0) is 56.5 Å². The Hall–Kier alpha value is -2.95. The molecule has 132 valence electrons. The van der Waals surface area contributed by atoms with Crippen LogP contribution in [0.1, 0.15) is 24.5 Å². The highest BCUT2D eigenvalue weighted by atomic mass is 19.1. The molecule has 4 nitrogen and oxygen atoms in total. The first-order chi connectivity index (χ1) is 12.5. The van der Waals surface area contributed by atoms with Gasteiger partial charge in [-0.3, -0.25) is 9.78 Å². The molecule has 0 fully saturated rings. The topological polar surface area (TPSA) is 49.0 Å². The Bertz CT molecular complexity index is 1030. The van der Waals surface area contributed by atoms with Gasteiger partial charge < -0.3 is 4.90 Å². The molecule has 1 N–H and O–H groups in total. The number of hydrogen-bond acceptors (Lipinski definition) is 3. The van der Waals surface area contributed by atoms with Crippen molar-refractivity contribution in [1.29, 1.82) is 0 Å². The molecule has 2 heterocycles. The monoisotopic (exact) mass is 349 g/mol. The summed E-state index contributed by atoms with van der Waals surface area (Å²) in [4.78, 5) is 21.9. The minimum absolute atomic E-state index is 0.156. The molecule has 0 radical (unpaired) electrons. The highest BCUT2D eigenvalue weighted by Crippen LogP contribution is 2.35. The van der Waals surface area contributed by atoms with Gasteiger partial charge in [0, 0.05) is 23.4 Å². The Morgan fingerprint density at radius 2 is 2.04 bits per heavy atom. The lowest BCUT2D eigenvalue weighted by Gasteiger charge is -2.35. The minimum Gasteiger partial charge on any atom is -0.309 e. The van der Waals surface area contributed by atoms with Crippen LogP contribution in [0.3, 0.4) is 0 Å². The molecule has 1 aromatic heterocycles. The second kappa shape index (κ2) is 6.41. The molecule has 1 unspecified atom stereocenters. The van der Waals surface area contributed by atoms with Gasteiger partial charge in [0.2, 0.25) is 5.95 Å². The van der Waals surface area contributed by atoms with E-state index in [1.54, 1.807) is 12.1 Å². The highest BCUT2D eigenvalue weighted by molar-refractivity contribution is 5.67. The molecular formula is C21H20FN3O. The number of nitrogens with zero attached hydrogens (tertiary/aromatic N) is 2. The van der Waals surface area contributed by atoms with Gasteiger partial charge in [0.05, 0.1) is 5.69 Å². The van der Waals surface area contributed by atoms with E-state index in [1.807, 2.05) is 36.1 Å². The summed E-state index contributed by atoms with van der Waals surface area (Å²) in [6, 6.07) is 14.4. The fourth-order valence-corrected chi connectivity index (χ4v) is 3.55. The van der Waals surface area contributed by atoms with Crippen LogP contribution in [0.2, 0.25) is 0 Å². The third-order valence-electron chi connectivity index (χ3n) is 4.84. The second-order valence-corrected chi connectivity index (χ2v) is 6.85. The number of aryl methyl sites for hydroxylation is 2. The van der Waals surface area contributed by atoms with E-state index in [-0.39, 0.29) is 17.4 Å². The van der Waals surface area contributed by atoms with Gasteiger partial charge in [-0.25, -0.2) is 9.37 Å². The number of aromatic nitrogens is 2. The van der Waals surface area contributed by atoms with E-state index in [4.69, 9.17) is 4.98 Å². The van der Waals surface area contributed by atoms with E-state index in [0.29, 0.717) is 11.6 Å². The van der Waals surface area contributed by atoms with Crippen molar-refractivity contribution in [2.75, 3.05) is 4.90 Å². The van der Waals surface area contributed by atoms with Crippen LogP contribution < -0.4 is 10.5 Å². The Morgan fingerprint density at radius 3 is 2.85 bits per heavy atom. The van der Waals surface area contributed by atoms with Gasteiger partial charge in [0.1, 0.15) is 5.82 Å². The largest absolute Gasteiger partial charge is 0.309 e.